The van der Waals surface area contributed by atoms with Crippen LogP contribution in [0.2, 0.25) is 0 Å². The Labute approximate surface area is 176 Å². The summed E-state index contributed by atoms with van der Waals surface area (Å²) < 4.78 is 16.4. The van der Waals surface area contributed by atoms with Crippen LogP contribution in [0.15, 0.2) is 36.4 Å². The maximum absolute atomic E-state index is 12.9. The maximum Gasteiger partial charge on any atom is 0.256 e. The fourth-order valence-electron chi connectivity index (χ4n) is 4.13. The van der Waals surface area contributed by atoms with Gasteiger partial charge in [0.25, 0.3) is 5.91 Å². The quantitative estimate of drug-likeness (QED) is 0.783. The highest BCUT2D eigenvalue weighted by Crippen LogP contribution is 2.34. The average molecular weight is 412 g/mol. The summed E-state index contributed by atoms with van der Waals surface area (Å²) in [6, 6.07) is 11.4. The van der Waals surface area contributed by atoms with Gasteiger partial charge < -0.3 is 24.2 Å². The topological polar surface area (TPSA) is 71.5 Å². The second-order valence-electron chi connectivity index (χ2n) is 7.62. The summed E-state index contributed by atoms with van der Waals surface area (Å²) in [5.74, 6) is 2.02. The Morgan fingerprint density at radius 1 is 1.13 bits per heavy atom. The van der Waals surface area contributed by atoms with Crippen LogP contribution in [0.25, 0.3) is 0 Å². The second-order valence-corrected chi connectivity index (χ2v) is 7.62. The molecule has 1 atom stereocenters. The molecule has 7 heteroatoms. The van der Waals surface area contributed by atoms with Gasteiger partial charge in [0, 0.05) is 50.3 Å². The van der Waals surface area contributed by atoms with Crippen LogP contribution in [0.1, 0.15) is 22.8 Å². The molecule has 1 fully saturated rings. The van der Waals surface area contributed by atoms with E-state index in [0.717, 1.165) is 42.1 Å². The summed E-state index contributed by atoms with van der Waals surface area (Å²) in [7, 11) is 3.31. The Bertz CT molecular complexity index is 908. The number of benzene rings is 2. The van der Waals surface area contributed by atoms with Crippen LogP contribution in [0.5, 0.6) is 17.2 Å². The lowest BCUT2D eigenvalue weighted by molar-refractivity contribution is -0.142. The molecule has 1 amide bonds. The van der Waals surface area contributed by atoms with E-state index >= 15 is 0 Å². The van der Waals surface area contributed by atoms with Gasteiger partial charge in [0.2, 0.25) is 0 Å². The zero-order valence-corrected chi connectivity index (χ0v) is 17.5. The summed E-state index contributed by atoms with van der Waals surface area (Å²) in [4.78, 5) is 16.9. The lowest BCUT2D eigenvalue weighted by Crippen LogP contribution is -2.49. The summed E-state index contributed by atoms with van der Waals surface area (Å²) in [6.45, 7) is 3.89. The minimum Gasteiger partial charge on any atom is -0.497 e. The van der Waals surface area contributed by atoms with Crippen LogP contribution in [0.3, 0.4) is 0 Å². The fraction of sp³-hybridized carbons (Fsp3) is 0.435. The van der Waals surface area contributed by atoms with E-state index in [1.807, 2.05) is 30.3 Å². The highest BCUT2D eigenvalue weighted by Gasteiger charge is 2.31. The number of para-hydroxylation sites is 1. The molecular formula is C23H28N2O5. The predicted octanol–water partition coefficient (Wildman–Crippen LogP) is 2.02. The van der Waals surface area contributed by atoms with E-state index in [0.29, 0.717) is 37.6 Å². The van der Waals surface area contributed by atoms with Crippen molar-refractivity contribution in [1.29, 1.82) is 0 Å². The zero-order chi connectivity index (χ0) is 21.1. The van der Waals surface area contributed by atoms with Gasteiger partial charge in [-0.05, 0) is 23.8 Å². The Morgan fingerprint density at radius 3 is 2.67 bits per heavy atom. The molecule has 2 aromatic rings. The van der Waals surface area contributed by atoms with Gasteiger partial charge in [-0.25, -0.2) is 0 Å². The molecule has 0 bridgehead atoms. The number of methoxy groups -OCH3 is 2. The number of ether oxygens (including phenoxy) is 3. The molecule has 1 unspecified atom stereocenters. The highest BCUT2D eigenvalue weighted by atomic mass is 16.5. The van der Waals surface area contributed by atoms with Crippen molar-refractivity contribution in [3.05, 3.63) is 53.1 Å². The van der Waals surface area contributed by atoms with Crippen LogP contribution in [0.4, 0.5) is 0 Å². The number of aliphatic hydroxyl groups is 1. The Morgan fingerprint density at radius 2 is 1.93 bits per heavy atom. The van der Waals surface area contributed by atoms with Gasteiger partial charge in [-0.15, -0.1) is 0 Å². The zero-order valence-electron chi connectivity index (χ0n) is 17.5. The number of carbonyl (C=O) groups is 1. The van der Waals surface area contributed by atoms with Crippen molar-refractivity contribution in [2.45, 2.75) is 19.1 Å². The van der Waals surface area contributed by atoms with E-state index in [-0.39, 0.29) is 5.91 Å². The van der Waals surface area contributed by atoms with E-state index < -0.39 is 6.10 Å². The van der Waals surface area contributed by atoms with Crippen molar-refractivity contribution in [2.24, 2.45) is 0 Å². The largest absolute Gasteiger partial charge is 0.497 e. The number of fused-ring (bicyclic) bond motifs is 1. The Hall–Kier alpha value is -2.77. The van der Waals surface area contributed by atoms with Crippen molar-refractivity contribution in [1.82, 2.24) is 9.80 Å². The van der Waals surface area contributed by atoms with Gasteiger partial charge in [-0.2, -0.15) is 0 Å². The van der Waals surface area contributed by atoms with E-state index in [1.54, 1.807) is 25.2 Å². The average Bonchev–Trinajstić information content (AvgIpc) is 3.27. The molecule has 7 nitrogen and oxygen atoms in total. The monoisotopic (exact) mass is 412 g/mol. The number of hydrogen-bond acceptors (Lipinski definition) is 6. The number of amides is 1. The van der Waals surface area contributed by atoms with Gasteiger partial charge in [-0.3, -0.25) is 9.69 Å². The SMILES string of the molecule is COc1ccc(OC)c(CN2CCN(C(=O)C(O)c3cccc4c3OCC4)CC2)c1. The molecule has 2 aliphatic rings. The number of nitrogens with zero attached hydrogens (tertiary/aromatic N) is 2. The van der Waals surface area contributed by atoms with Gasteiger partial charge >= 0.3 is 0 Å². The molecule has 0 radical (unpaired) electrons. The Balaban J connectivity index is 1.38. The molecule has 0 aromatic heterocycles. The normalized spacial score (nSPS) is 17.2. The van der Waals surface area contributed by atoms with Gasteiger partial charge in [0.15, 0.2) is 6.10 Å². The number of hydrogen-bond donors (Lipinski definition) is 1. The summed E-state index contributed by atoms with van der Waals surface area (Å²) >= 11 is 0. The van der Waals surface area contributed by atoms with Crippen molar-refractivity contribution >= 4 is 5.91 Å². The van der Waals surface area contributed by atoms with E-state index in [1.165, 1.54) is 0 Å². The third kappa shape index (κ3) is 4.08. The maximum atomic E-state index is 12.9. The van der Waals surface area contributed by atoms with Crippen molar-refractivity contribution in [3.8, 4) is 17.2 Å². The highest BCUT2D eigenvalue weighted by molar-refractivity contribution is 5.83. The molecule has 0 saturated carbocycles. The van der Waals surface area contributed by atoms with Gasteiger partial charge in [0.1, 0.15) is 17.2 Å². The molecule has 160 valence electrons. The molecule has 2 aliphatic heterocycles. The summed E-state index contributed by atoms with van der Waals surface area (Å²) in [6.07, 6.45) is -0.376. The van der Waals surface area contributed by atoms with Crippen LogP contribution in [-0.4, -0.2) is 67.8 Å². The summed E-state index contributed by atoms with van der Waals surface area (Å²) in [5, 5.41) is 10.7. The molecule has 30 heavy (non-hydrogen) atoms. The molecule has 4 rings (SSSR count). The number of carbonyl (C=O) groups excluding carboxylic acids is 1. The third-order valence-corrected chi connectivity index (χ3v) is 5.84. The van der Waals surface area contributed by atoms with Crippen LogP contribution in [-0.2, 0) is 17.8 Å². The molecule has 2 aromatic carbocycles. The number of aliphatic hydroxyl groups excluding tert-OH is 1. The molecule has 1 saturated heterocycles. The standard InChI is InChI=1S/C23H28N2O5/c1-28-18-6-7-20(29-2)17(14-18)15-24-9-11-25(12-10-24)23(27)21(26)19-5-3-4-16-8-13-30-22(16)19/h3-7,14,21,26H,8-13,15H2,1-2H3. The first kappa shape index (κ1) is 20.5. The number of rotatable bonds is 6. The fourth-order valence-corrected chi connectivity index (χ4v) is 4.13. The lowest BCUT2D eigenvalue weighted by Gasteiger charge is -2.36. The van der Waals surface area contributed by atoms with Crippen LogP contribution >= 0.6 is 0 Å². The van der Waals surface area contributed by atoms with Crippen molar-refractivity contribution < 1.29 is 24.1 Å². The van der Waals surface area contributed by atoms with Crippen LogP contribution in [0, 0.1) is 0 Å². The van der Waals surface area contributed by atoms with E-state index in [4.69, 9.17) is 14.2 Å². The van der Waals surface area contributed by atoms with Gasteiger partial charge in [-0.1, -0.05) is 18.2 Å². The molecule has 1 N–H and O–H groups in total. The van der Waals surface area contributed by atoms with Crippen molar-refractivity contribution in [2.75, 3.05) is 47.0 Å². The third-order valence-electron chi connectivity index (χ3n) is 5.84. The van der Waals surface area contributed by atoms with E-state index in [9.17, 15) is 9.90 Å². The minimum absolute atomic E-state index is 0.266. The Kier molecular flexibility index (Phi) is 6.11. The molecular weight excluding hydrogens is 384 g/mol. The lowest BCUT2D eigenvalue weighted by atomic mass is 10.0. The van der Waals surface area contributed by atoms with Crippen molar-refractivity contribution in [3.63, 3.8) is 0 Å². The second kappa shape index (κ2) is 8.93. The first-order valence-corrected chi connectivity index (χ1v) is 10.3. The predicted molar refractivity (Wildman–Crippen MR) is 112 cm³/mol. The van der Waals surface area contributed by atoms with E-state index in [2.05, 4.69) is 4.90 Å². The van der Waals surface area contributed by atoms with Crippen LogP contribution < -0.4 is 14.2 Å². The molecule has 0 aliphatic carbocycles. The molecule has 2 heterocycles. The van der Waals surface area contributed by atoms with Gasteiger partial charge in [0.05, 0.1) is 20.8 Å². The summed E-state index contributed by atoms with van der Waals surface area (Å²) in [5.41, 5.74) is 2.67. The molecule has 0 spiro atoms. The smallest absolute Gasteiger partial charge is 0.256 e. The first-order valence-electron chi connectivity index (χ1n) is 10.3. The minimum atomic E-state index is -1.19. The number of piperazine rings is 1. The first-order chi connectivity index (χ1) is 14.6.